The van der Waals surface area contributed by atoms with Crippen molar-refractivity contribution < 1.29 is 37.2 Å². The zero-order valence-electron chi connectivity index (χ0n) is 20.7. The lowest BCUT2D eigenvalue weighted by Gasteiger charge is -2.34. The topological polar surface area (TPSA) is 139 Å². The van der Waals surface area contributed by atoms with Gasteiger partial charge in [-0.15, -0.1) is 0 Å². The Morgan fingerprint density at radius 3 is 2.56 bits per heavy atom. The van der Waals surface area contributed by atoms with Gasteiger partial charge >= 0.3 is 12.1 Å². The Morgan fingerprint density at radius 2 is 1.87 bits per heavy atom. The van der Waals surface area contributed by atoms with Crippen LogP contribution < -0.4 is 0 Å². The van der Waals surface area contributed by atoms with Crippen molar-refractivity contribution >= 4 is 5.97 Å². The second-order valence-electron chi connectivity index (χ2n) is 9.30. The molecule has 4 aromatic rings. The highest BCUT2D eigenvalue weighted by Crippen LogP contribution is 2.42. The molecule has 0 saturated carbocycles. The van der Waals surface area contributed by atoms with E-state index < -0.39 is 47.2 Å². The zero-order valence-corrected chi connectivity index (χ0v) is 20.7. The van der Waals surface area contributed by atoms with Gasteiger partial charge in [0.2, 0.25) is 11.6 Å². The highest BCUT2D eigenvalue weighted by atomic mass is 19.4. The molecule has 0 bridgehead atoms. The van der Waals surface area contributed by atoms with Crippen LogP contribution in [0.3, 0.4) is 0 Å². The molecule has 13 heteroatoms. The number of halogens is 3. The number of hydrogen-bond donors (Lipinski definition) is 2. The maximum atomic E-state index is 14.0. The van der Waals surface area contributed by atoms with Crippen LogP contribution in [0.4, 0.5) is 13.2 Å². The first-order valence-corrected chi connectivity index (χ1v) is 12.2. The summed E-state index contributed by atoms with van der Waals surface area (Å²) in [6.07, 6.45) is -3.55. The Morgan fingerprint density at radius 1 is 1.10 bits per heavy atom. The molecule has 10 nitrogen and oxygen atoms in total. The number of piperidine rings is 1. The number of aromatic nitrogens is 4. The van der Waals surface area contributed by atoms with E-state index in [1.54, 1.807) is 48.2 Å². The summed E-state index contributed by atoms with van der Waals surface area (Å²) in [6.45, 7) is 2.39. The van der Waals surface area contributed by atoms with Crippen molar-refractivity contribution in [2.45, 2.75) is 44.5 Å². The molecule has 0 aliphatic carbocycles. The summed E-state index contributed by atoms with van der Waals surface area (Å²) in [6, 6.07) is 10.4. The Balaban J connectivity index is 1.37. The first-order valence-electron chi connectivity index (χ1n) is 12.2. The molecule has 1 unspecified atom stereocenters. The van der Waals surface area contributed by atoms with Crippen molar-refractivity contribution in [3.05, 3.63) is 59.3 Å². The van der Waals surface area contributed by atoms with Gasteiger partial charge in [-0.25, -0.2) is 0 Å². The third-order valence-corrected chi connectivity index (χ3v) is 6.59. The Kier molecular flexibility index (Phi) is 7.19. The molecule has 0 amide bonds. The number of β-amino-alcohol motifs (C(OH)–C–C–N with tert-alkyl or cyclic N) is 1. The number of aliphatic hydroxyl groups is 1. The van der Waals surface area contributed by atoms with Crippen LogP contribution in [-0.4, -0.2) is 60.5 Å². The third-order valence-electron chi connectivity index (χ3n) is 6.59. The highest BCUT2D eigenvalue weighted by molar-refractivity contribution is 5.73. The van der Waals surface area contributed by atoms with Gasteiger partial charge in [0.25, 0.3) is 5.89 Å². The highest BCUT2D eigenvalue weighted by Gasteiger charge is 2.43. The molecule has 1 saturated heterocycles. The van der Waals surface area contributed by atoms with Crippen LogP contribution >= 0.6 is 0 Å². The zero-order chi connectivity index (χ0) is 27.7. The lowest BCUT2D eigenvalue weighted by molar-refractivity contribution is -0.145. The molecule has 3 aromatic heterocycles. The first kappa shape index (κ1) is 26.5. The monoisotopic (exact) mass is 543 g/mol. The van der Waals surface area contributed by atoms with E-state index >= 15 is 0 Å². The molecule has 1 aliphatic heterocycles. The number of carbonyl (C=O) groups is 1. The normalized spacial score (nSPS) is 17.3. The van der Waals surface area contributed by atoms with Crippen LogP contribution in [0, 0.1) is 6.92 Å². The standard InChI is InChI=1S/C26H24F3N5O5/c1-14-5-4-6-17(30-14)21-20(26(27,28)29)22(38-32-21)24-31-23(33-39-24)16-10-8-15(9-11-16)19(35)13-34-12-3-2-7-18(34)25(36)37/h4-6,8-11,18-19,35H,2-3,7,12-13H2,1H3,(H,36,37)/t18-,19?/m0/s1. The summed E-state index contributed by atoms with van der Waals surface area (Å²) in [5.74, 6) is -2.13. The lowest BCUT2D eigenvalue weighted by atomic mass is 10.00. The summed E-state index contributed by atoms with van der Waals surface area (Å²) >= 11 is 0. The third kappa shape index (κ3) is 5.54. The minimum absolute atomic E-state index is 0.00719. The number of aryl methyl sites for hydroxylation is 1. The predicted molar refractivity (Wildman–Crippen MR) is 130 cm³/mol. The van der Waals surface area contributed by atoms with Crippen molar-refractivity contribution in [1.29, 1.82) is 0 Å². The summed E-state index contributed by atoms with van der Waals surface area (Å²) in [4.78, 5) is 21.5. The van der Waals surface area contributed by atoms with Gasteiger partial charge in [0.1, 0.15) is 17.3 Å². The average molecular weight is 544 g/mol. The Hall–Kier alpha value is -4.10. The van der Waals surface area contributed by atoms with Gasteiger partial charge in [-0.05, 0) is 44.0 Å². The van der Waals surface area contributed by atoms with Gasteiger partial charge < -0.3 is 19.3 Å². The number of hydrogen-bond acceptors (Lipinski definition) is 9. The van der Waals surface area contributed by atoms with Gasteiger partial charge in [-0.1, -0.05) is 47.1 Å². The molecule has 2 atom stereocenters. The maximum Gasteiger partial charge on any atom is 0.422 e. The van der Waals surface area contributed by atoms with Gasteiger partial charge in [0.05, 0.1) is 11.8 Å². The van der Waals surface area contributed by atoms with Crippen LogP contribution in [0.2, 0.25) is 0 Å². The van der Waals surface area contributed by atoms with Crippen LogP contribution in [0.15, 0.2) is 51.5 Å². The van der Waals surface area contributed by atoms with Crippen molar-refractivity contribution in [1.82, 2.24) is 25.2 Å². The summed E-state index contributed by atoms with van der Waals surface area (Å²) in [5, 5.41) is 27.5. The second-order valence-corrected chi connectivity index (χ2v) is 9.30. The summed E-state index contributed by atoms with van der Waals surface area (Å²) in [5.41, 5.74) is -0.190. The minimum atomic E-state index is -4.84. The van der Waals surface area contributed by atoms with Crippen LogP contribution in [0.5, 0.6) is 0 Å². The number of alkyl halides is 3. The fourth-order valence-electron chi connectivity index (χ4n) is 4.65. The summed E-state index contributed by atoms with van der Waals surface area (Å²) < 4.78 is 52.2. The van der Waals surface area contributed by atoms with E-state index in [0.29, 0.717) is 29.8 Å². The van der Waals surface area contributed by atoms with Crippen molar-refractivity contribution in [3.8, 4) is 34.4 Å². The number of benzene rings is 1. The SMILES string of the molecule is Cc1cccc(-c2noc(-c3nc(-c4ccc(C(O)CN5CCCC[C@H]5C(=O)O)cc4)no3)c2C(F)(F)F)n1. The van der Waals surface area contributed by atoms with Gasteiger partial charge in [-0.3, -0.25) is 14.7 Å². The largest absolute Gasteiger partial charge is 0.480 e. The lowest BCUT2D eigenvalue weighted by Crippen LogP contribution is -2.46. The minimum Gasteiger partial charge on any atom is -0.480 e. The molecule has 5 rings (SSSR count). The Bertz CT molecular complexity index is 1470. The molecule has 39 heavy (non-hydrogen) atoms. The number of rotatable bonds is 7. The van der Waals surface area contributed by atoms with E-state index in [2.05, 4.69) is 20.3 Å². The molecular formula is C26H24F3N5O5. The smallest absolute Gasteiger partial charge is 0.422 e. The molecular weight excluding hydrogens is 519 g/mol. The average Bonchev–Trinajstić information content (AvgIpc) is 3.57. The van der Waals surface area contributed by atoms with E-state index in [4.69, 9.17) is 9.05 Å². The van der Waals surface area contributed by atoms with E-state index in [0.717, 1.165) is 12.8 Å². The van der Waals surface area contributed by atoms with E-state index in [1.807, 2.05) is 0 Å². The number of carboxylic acid groups (broad SMARTS) is 1. The number of aliphatic carboxylic acids is 1. The fraction of sp³-hybridized carbons (Fsp3) is 0.346. The molecule has 1 aromatic carbocycles. The molecule has 1 fully saturated rings. The van der Waals surface area contributed by atoms with Gasteiger partial charge in [-0.2, -0.15) is 18.2 Å². The predicted octanol–water partition coefficient (Wildman–Crippen LogP) is 4.75. The molecule has 0 radical (unpaired) electrons. The molecule has 2 N–H and O–H groups in total. The van der Waals surface area contributed by atoms with E-state index in [-0.39, 0.29) is 18.1 Å². The van der Waals surface area contributed by atoms with Crippen LogP contribution in [0.25, 0.3) is 34.4 Å². The maximum absolute atomic E-state index is 14.0. The van der Waals surface area contributed by atoms with E-state index in [9.17, 15) is 28.2 Å². The van der Waals surface area contributed by atoms with Gasteiger partial charge in [0, 0.05) is 17.8 Å². The summed E-state index contributed by atoms with van der Waals surface area (Å²) in [7, 11) is 0. The molecule has 0 spiro atoms. The second kappa shape index (κ2) is 10.6. The Labute approximate surface area is 220 Å². The fourth-order valence-corrected chi connectivity index (χ4v) is 4.65. The number of nitrogens with zero attached hydrogens (tertiary/aromatic N) is 5. The van der Waals surface area contributed by atoms with Crippen molar-refractivity contribution in [2.75, 3.05) is 13.1 Å². The number of aliphatic hydroxyl groups excluding tert-OH is 1. The van der Waals surface area contributed by atoms with Crippen LogP contribution in [-0.2, 0) is 11.0 Å². The molecule has 204 valence electrons. The van der Waals surface area contributed by atoms with Gasteiger partial charge in [0.15, 0.2) is 0 Å². The van der Waals surface area contributed by atoms with Crippen LogP contribution in [0.1, 0.15) is 42.2 Å². The molecule has 1 aliphatic rings. The number of carboxylic acids is 1. The first-order chi connectivity index (χ1) is 18.6. The molecule has 4 heterocycles. The number of pyridine rings is 1. The van der Waals surface area contributed by atoms with Crippen molar-refractivity contribution in [2.24, 2.45) is 0 Å². The van der Waals surface area contributed by atoms with E-state index in [1.165, 1.54) is 6.07 Å². The quantitative estimate of drug-likeness (QED) is 0.336. The number of likely N-dealkylation sites (tertiary alicyclic amines) is 1. The van der Waals surface area contributed by atoms with Crippen molar-refractivity contribution in [3.63, 3.8) is 0 Å².